The van der Waals surface area contributed by atoms with Crippen LogP contribution in [0, 0.1) is 18.8 Å². The van der Waals surface area contributed by atoms with Crippen molar-refractivity contribution in [3.63, 3.8) is 0 Å². The molecule has 2 aromatic heterocycles. The lowest BCUT2D eigenvalue weighted by Gasteiger charge is -2.09. The van der Waals surface area contributed by atoms with E-state index in [1.807, 2.05) is 25.1 Å². The number of ether oxygens (including phenoxy) is 1. The summed E-state index contributed by atoms with van der Waals surface area (Å²) >= 11 is 6.26. The zero-order valence-corrected chi connectivity index (χ0v) is 15.5. The molecule has 27 heavy (non-hydrogen) atoms. The van der Waals surface area contributed by atoms with Crippen LogP contribution in [0.5, 0.6) is 0 Å². The van der Waals surface area contributed by atoms with Gasteiger partial charge in [0.15, 0.2) is 0 Å². The number of nitrogens with zero attached hydrogens (tertiary/aromatic N) is 2. The summed E-state index contributed by atoms with van der Waals surface area (Å²) in [5.41, 5.74) is 9.93. The van der Waals surface area contributed by atoms with E-state index in [4.69, 9.17) is 22.1 Å². The summed E-state index contributed by atoms with van der Waals surface area (Å²) in [4.78, 5) is 20.1. The van der Waals surface area contributed by atoms with Gasteiger partial charge >= 0.3 is 5.97 Å². The topological polar surface area (TPSA) is 78.1 Å². The van der Waals surface area contributed by atoms with Gasteiger partial charge < -0.3 is 10.5 Å². The van der Waals surface area contributed by atoms with Crippen molar-refractivity contribution < 1.29 is 9.53 Å². The number of nitrogen functional groups attached to an aromatic ring is 1. The summed E-state index contributed by atoms with van der Waals surface area (Å²) in [7, 11) is 1.32. The smallest absolute Gasteiger partial charge is 0.339 e. The van der Waals surface area contributed by atoms with Gasteiger partial charge in [-0.2, -0.15) is 0 Å². The summed E-state index contributed by atoms with van der Waals surface area (Å²) in [6.07, 6.45) is 3.33. The average molecular weight is 378 g/mol. The third kappa shape index (κ3) is 4.08. The Morgan fingerprint density at radius 2 is 1.96 bits per heavy atom. The molecule has 5 nitrogen and oxygen atoms in total. The monoisotopic (exact) mass is 377 g/mol. The number of carbonyl (C=O) groups excluding carboxylic acids is 1. The first-order valence-electron chi connectivity index (χ1n) is 8.07. The van der Waals surface area contributed by atoms with Crippen molar-refractivity contribution in [1.82, 2.24) is 9.97 Å². The molecule has 0 saturated heterocycles. The molecule has 2 N–H and O–H groups in total. The van der Waals surface area contributed by atoms with Crippen LogP contribution < -0.4 is 5.73 Å². The van der Waals surface area contributed by atoms with Gasteiger partial charge in [-0.25, -0.2) is 9.78 Å². The Bertz CT molecular complexity index is 1070. The number of nitrogens with two attached hydrogens (primary N) is 1. The first-order valence-corrected chi connectivity index (χ1v) is 8.45. The van der Waals surface area contributed by atoms with Crippen molar-refractivity contribution in [3.8, 4) is 23.0 Å². The number of carbonyl (C=O) groups is 1. The molecule has 0 saturated carbocycles. The third-order valence-electron chi connectivity index (χ3n) is 3.94. The van der Waals surface area contributed by atoms with Crippen molar-refractivity contribution in [2.24, 2.45) is 0 Å². The Hall–Kier alpha value is -3.36. The highest BCUT2D eigenvalue weighted by Crippen LogP contribution is 2.29. The number of pyridine rings is 2. The van der Waals surface area contributed by atoms with E-state index >= 15 is 0 Å². The van der Waals surface area contributed by atoms with Gasteiger partial charge in [0.25, 0.3) is 0 Å². The largest absolute Gasteiger partial charge is 0.465 e. The number of anilines is 1. The zero-order valence-electron chi connectivity index (χ0n) is 14.8. The molecular weight excluding hydrogens is 362 g/mol. The van der Waals surface area contributed by atoms with E-state index in [1.54, 1.807) is 30.6 Å². The van der Waals surface area contributed by atoms with Gasteiger partial charge in [-0.15, -0.1) is 0 Å². The molecule has 0 amide bonds. The van der Waals surface area contributed by atoms with E-state index in [-0.39, 0.29) is 0 Å². The molecule has 1 aromatic carbocycles. The highest BCUT2D eigenvalue weighted by atomic mass is 35.5. The Kier molecular flexibility index (Phi) is 5.39. The summed E-state index contributed by atoms with van der Waals surface area (Å²) < 4.78 is 4.73. The summed E-state index contributed by atoms with van der Waals surface area (Å²) in [5, 5.41) is 0.315. The molecule has 0 radical (unpaired) electrons. The van der Waals surface area contributed by atoms with Crippen LogP contribution in [-0.4, -0.2) is 23.0 Å². The molecule has 0 atom stereocenters. The minimum atomic E-state index is -0.478. The number of esters is 1. The maximum Gasteiger partial charge on any atom is 0.339 e. The van der Waals surface area contributed by atoms with Crippen LogP contribution in [0.2, 0.25) is 5.02 Å². The van der Waals surface area contributed by atoms with E-state index in [2.05, 4.69) is 21.8 Å². The van der Waals surface area contributed by atoms with Gasteiger partial charge in [0.05, 0.1) is 29.0 Å². The Morgan fingerprint density at radius 3 is 2.63 bits per heavy atom. The highest BCUT2D eigenvalue weighted by Gasteiger charge is 2.13. The quantitative estimate of drug-likeness (QED) is 0.541. The van der Waals surface area contributed by atoms with Crippen LogP contribution in [0.3, 0.4) is 0 Å². The van der Waals surface area contributed by atoms with E-state index < -0.39 is 5.97 Å². The predicted octanol–water partition coefficient (Wildman–Crippen LogP) is 3.87. The summed E-state index contributed by atoms with van der Waals surface area (Å²) in [6.45, 7) is 1.89. The Balaban J connectivity index is 2.05. The molecule has 0 aliphatic heterocycles. The van der Waals surface area contributed by atoms with Crippen LogP contribution >= 0.6 is 11.6 Å². The number of aromatic nitrogens is 2. The van der Waals surface area contributed by atoms with Crippen molar-refractivity contribution in [3.05, 3.63) is 76.2 Å². The van der Waals surface area contributed by atoms with E-state index in [9.17, 15) is 4.79 Å². The maximum atomic E-state index is 11.7. The van der Waals surface area contributed by atoms with Crippen LogP contribution in [0.4, 0.5) is 5.82 Å². The van der Waals surface area contributed by atoms with Crippen LogP contribution in [0.25, 0.3) is 11.1 Å². The lowest BCUT2D eigenvalue weighted by Crippen LogP contribution is -2.02. The number of hydrogen-bond donors (Lipinski definition) is 1. The zero-order chi connectivity index (χ0) is 19.4. The number of methoxy groups -OCH3 is 1. The molecule has 0 aliphatic rings. The molecule has 0 aliphatic carbocycles. The first kappa shape index (κ1) is 18.4. The second-order valence-corrected chi connectivity index (χ2v) is 6.13. The van der Waals surface area contributed by atoms with Gasteiger partial charge in [0.2, 0.25) is 0 Å². The fourth-order valence-electron chi connectivity index (χ4n) is 2.54. The van der Waals surface area contributed by atoms with Crippen LogP contribution in [0.1, 0.15) is 27.2 Å². The molecule has 0 unspecified atom stereocenters. The maximum absolute atomic E-state index is 11.7. The fraction of sp³-hybridized carbons (Fsp3) is 0.0952. The van der Waals surface area contributed by atoms with Crippen molar-refractivity contribution in [2.45, 2.75) is 6.92 Å². The van der Waals surface area contributed by atoms with Crippen LogP contribution in [0.15, 0.2) is 48.8 Å². The van der Waals surface area contributed by atoms with Gasteiger partial charge in [-0.1, -0.05) is 29.5 Å². The molecule has 6 heteroatoms. The predicted molar refractivity (Wildman–Crippen MR) is 105 cm³/mol. The molecular formula is C21H16ClN3O2. The molecule has 134 valence electrons. The average Bonchev–Trinajstić information content (AvgIpc) is 2.67. The second kappa shape index (κ2) is 7.90. The normalized spacial score (nSPS) is 10.0. The molecule has 2 heterocycles. The molecule has 0 fully saturated rings. The number of benzene rings is 1. The van der Waals surface area contributed by atoms with Crippen molar-refractivity contribution >= 4 is 23.4 Å². The number of aryl methyl sites for hydroxylation is 1. The first-order chi connectivity index (χ1) is 13.0. The standard InChI is InChI=1S/C21H16ClN3O2/c1-13-16(6-3-14-4-8-20(23)25-12-14)17(9-10-24-13)15-5-7-18(19(22)11-15)21(26)27-2/h4-5,7-12H,1-2H3,(H2,23,25). The van der Waals surface area contributed by atoms with E-state index in [1.165, 1.54) is 7.11 Å². The van der Waals surface area contributed by atoms with Crippen LogP contribution in [-0.2, 0) is 4.74 Å². The van der Waals surface area contributed by atoms with Gasteiger partial charge in [0, 0.05) is 23.5 Å². The molecule has 0 bridgehead atoms. The molecule has 0 spiro atoms. The lowest BCUT2D eigenvalue weighted by molar-refractivity contribution is 0.0601. The van der Waals surface area contributed by atoms with Gasteiger partial charge in [-0.05, 0) is 42.8 Å². The van der Waals surface area contributed by atoms with E-state index in [0.717, 1.165) is 27.9 Å². The number of rotatable bonds is 2. The van der Waals surface area contributed by atoms with E-state index in [0.29, 0.717) is 16.4 Å². The van der Waals surface area contributed by atoms with Crippen molar-refractivity contribution in [1.29, 1.82) is 0 Å². The fourth-order valence-corrected chi connectivity index (χ4v) is 2.79. The minimum Gasteiger partial charge on any atom is -0.465 e. The number of hydrogen-bond acceptors (Lipinski definition) is 5. The SMILES string of the molecule is COC(=O)c1ccc(-c2ccnc(C)c2C#Cc2ccc(N)nc2)cc1Cl. The summed E-state index contributed by atoms with van der Waals surface area (Å²) in [6, 6.07) is 10.5. The molecule has 3 rings (SSSR count). The summed E-state index contributed by atoms with van der Waals surface area (Å²) in [5.74, 6) is 6.20. The van der Waals surface area contributed by atoms with Gasteiger partial charge in [0.1, 0.15) is 5.82 Å². The van der Waals surface area contributed by atoms with Crippen molar-refractivity contribution in [2.75, 3.05) is 12.8 Å². The number of halogens is 1. The second-order valence-electron chi connectivity index (χ2n) is 5.73. The Labute approximate surface area is 162 Å². The minimum absolute atomic E-state index is 0.314. The molecule has 3 aromatic rings. The lowest BCUT2D eigenvalue weighted by atomic mass is 9.98. The highest BCUT2D eigenvalue weighted by molar-refractivity contribution is 6.33. The third-order valence-corrected chi connectivity index (χ3v) is 4.26. The Morgan fingerprint density at radius 1 is 1.15 bits per heavy atom. The van der Waals surface area contributed by atoms with Gasteiger partial charge in [-0.3, -0.25) is 4.98 Å².